The zero-order valence-electron chi connectivity index (χ0n) is 18.6. The van der Waals surface area contributed by atoms with Crippen LogP contribution in [0, 0.1) is 11.8 Å². The Morgan fingerprint density at radius 3 is 1.53 bits per heavy atom. The summed E-state index contributed by atoms with van der Waals surface area (Å²) in [5, 5.41) is 0. The molecule has 0 unspecified atom stereocenters. The van der Waals surface area contributed by atoms with E-state index in [0.29, 0.717) is 11.8 Å². The number of rotatable bonds is 9. The second kappa shape index (κ2) is 11.8. The first-order valence-electron chi connectivity index (χ1n) is 11.8. The molecule has 0 aliphatic heterocycles. The van der Waals surface area contributed by atoms with Crippen molar-refractivity contribution in [1.29, 1.82) is 0 Å². The van der Waals surface area contributed by atoms with Crippen molar-refractivity contribution in [3.63, 3.8) is 0 Å². The summed E-state index contributed by atoms with van der Waals surface area (Å²) in [5.74, 6) is -0.365. The van der Waals surface area contributed by atoms with E-state index in [2.05, 4.69) is 0 Å². The molecule has 3 rings (SSSR count). The number of hydrogen-bond acceptors (Lipinski definition) is 6. The topological polar surface area (TPSA) is 107 Å². The van der Waals surface area contributed by atoms with Crippen LogP contribution in [0.3, 0.4) is 0 Å². The molecule has 8 heteroatoms. The zero-order valence-corrected chi connectivity index (χ0v) is 19.4. The highest BCUT2D eigenvalue weighted by Gasteiger charge is 2.21. The molecule has 1 aromatic rings. The molecule has 0 atom stereocenters. The molecule has 0 amide bonds. The second-order valence-corrected chi connectivity index (χ2v) is 10.5. The predicted molar refractivity (Wildman–Crippen MR) is 119 cm³/mol. The van der Waals surface area contributed by atoms with Gasteiger partial charge in [-0.15, -0.1) is 0 Å². The van der Waals surface area contributed by atoms with Gasteiger partial charge in [-0.25, -0.2) is 9.59 Å². The zero-order chi connectivity index (χ0) is 23.0. The van der Waals surface area contributed by atoms with E-state index in [1.54, 1.807) is 0 Å². The number of ether oxygens (including phenoxy) is 2. The minimum Gasteiger partial charge on any atom is -0.462 e. The molecule has 178 valence electrons. The Kier molecular flexibility index (Phi) is 9.11. The van der Waals surface area contributed by atoms with Gasteiger partial charge in [-0.05, 0) is 42.9 Å². The van der Waals surface area contributed by atoms with Crippen LogP contribution >= 0.6 is 0 Å². The van der Waals surface area contributed by atoms with E-state index in [0.717, 1.165) is 50.7 Å². The Bertz CT molecular complexity index is 827. The molecule has 1 N–H and O–H groups in total. The lowest BCUT2D eigenvalue weighted by Crippen LogP contribution is -2.15. The van der Waals surface area contributed by atoms with Crippen LogP contribution < -0.4 is 0 Å². The van der Waals surface area contributed by atoms with Crippen LogP contribution in [-0.4, -0.2) is 38.1 Å². The monoisotopic (exact) mass is 466 g/mol. The minimum absolute atomic E-state index is 0.0944. The van der Waals surface area contributed by atoms with Crippen LogP contribution in [0.4, 0.5) is 0 Å². The standard InChI is InChI=1S/C24H34O7S/c25-23(30-13-11-18-7-3-1-4-8-18)20-15-21(17-22(16-20)32(27,28)29)24(26)31-14-12-19-9-5-2-6-10-19/h15-19H,1-14H2,(H,27,28,29). The van der Waals surface area contributed by atoms with Gasteiger partial charge >= 0.3 is 11.9 Å². The molecule has 2 fully saturated rings. The average Bonchev–Trinajstić information content (AvgIpc) is 2.79. The SMILES string of the molecule is O=C(OCCC1CCCCC1)c1cc(C(=O)OCCC2CCCCC2)cc(S(=O)(=O)O)c1. The third-order valence-electron chi connectivity index (χ3n) is 6.64. The van der Waals surface area contributed by atoms with Crippen molar-refractivity contribution in [2.24, 2.45) is 11.8 Å². The van der Waals surface area contributed by atoms with Gasteiger partial charge in [0.05, 0.1) is 29.2 Å². The van der Waals surface area contributed by atoms with Gasteiger partial charge in [0.2, 0.25) is 0 Å². The molecule has 2 saturated carbocycles. The van der Waals surface area contributed by atoms with Gasteiger partial charge in [-0.2, -0.15) is 8.42 Å². The van der Waals surface area contributed by atoms with E-state index in [1.165, 1.54) is 44.6 Å². The number of benzene rings is 1. The van der Waals surface area contributed by atoms with Crippen molar-refractivity contribution in [2.75, 3.05) is 13.2 Å². The van der Waals surface area contributed by atoms with Crippen LogP contribution in [-0.2, 0) is 19.6 Å². The van der Waals surface area contributed by atoms with Gasteiger partial charge in [-0.3, -0.25) is 4.55 Å². The third kappa shape index (κ3) is 7.59. The molecule has 0 bridgehead atoms. The first-order valence-corrected chi connectivity index (χ1v) is 13.2. The Hall–Kier alpha value is -1.93. The van der Waals surface area contributed by atoms with Gasteiger partial charge in [-0.1, -0.05) is 64.2 Å². The molecule has 2 aliphatic carbocycles. The van der Waals surface area contributed by atoms with Crippen LogP contribution in [0.5, 0.6) is 0 Å². The maximum absolute atomic E-state index is 12.5. The maximum Gasteiger partial charge on any atom is 0.338 e. The largest absolute Gasteiger partial charge is 0.462 e. The lowest BCUT2D eigenvalue weighted by molar-refractivity contribution is 0.0473. The number of esters is 2. The van der Waals surface area contributed by atoms with E-state index in [9.17, 15) is 22.6 Å². The summed E-state index contributed by atoms with van der Waals surface area (Å²) < 4.78 is 43.5. The fourth-order valence-electron chi connectivity index (χ4n) is 4.74. The van der Waals surface area contributed by atoms with Gasteiger partial charge in [0, 0.05) is 0 Å². The quantitative estimate of drug-likeness (QED) is 0.394. The van der Waals surface area contributed by atoms with Crippen LogP contribution in [0.1, 0.15) is 97.8 Å². The van der Waals surface area contributed by atoms with Gasteiger partial charge in [0.15, 0.2) is 0 Å². The smallest absolute Gasteiger partial charge is 0.338 e. The molecular weight excluding hydrogens is 432 g/mol. The fourth-order valence-corrected chi connectivity index (χ4v) is 5.29. The molecule has 0 aromatic heterocycles. The highest BCUT2D eigenvalue weighted by molar-refractivity contribution is 7.85. The molecule has 1 aromatic carbocycles. The highest BCUT2D eigenvalue weighted by Crippen LogP contribution is 2.27. The fraction of sp³-hybridized carbons (Fsp3) is 0.667. The molecular formula is C24H34O7S. The first kappa shape index (κ1) is 24.7. The first-order chi connectivity index (χ1) is 15.3. The second-order valence-electron chi connectivity index (χ2n) is 9.08. The molecule has 7 nitrogen and oxygen atoms in total. The summed E-state index contributed by atoms with van der Waals surface area (Å²) in [6.45, 7) is 0.474. The van der Waals surface area contributed by atoms with Crippen molar-refractivity contribution < 1.29 is 32.0 Å². The van der Waals surface area contributed by atoms with Crippen molar-refractivity contribution in [3.05, 3.63) is 29.3 Å². The minimum atomic E-state index is -4.61. The highest BCUT2D eigenvalue weighted by atomic mass is 32.2. The normalized spacial score (nSPS) is 18.3. The summed E-state index contributed by atoms with van der Waals surface area (Å²) in [7, 11) is -4.61. The van der Waals surface area contributed by atoms with Crippen LogP contribution in [0.15, 0.2) is 23.1 Å². The number of carbonyl (C=O) groups is 2. The van der Waals surface area contributed by atoms with Crippen molar-refractivity contribution >= 4 is 22.1 Å². The lowest BCUT2D eigenvalue weighted by atomic mass is 9.87. The summed E-state index contributed by atoms with van der Waals surface area (Å²) in [6, 6.07) is 3.31. The number of hydrogen-bond donors (Lipinski definition) is 1. The molecule has 32 heavy (non-hydrogen) atoms. The predicted octanol–water partition coefficient (Wildman–Crippen LogP) is 5.19. The van der Waals surface area contributed by atoms with Gasteiger partial charge in [0.1, 0.15) is 0 Å². The van der Waals surface area contributed by atoms with Gasteiger partial charge < -0.3 is 9.47 Å². The van der Waals surface area contributed by atoms with Crippen molar-refractivity contribution in [3.8, 4) is 0 Å². The average molecular weight is 467 g/mol. The maximum atomic E-state index is 12.5. The van der Waals surface area contributed by atoms with E-state index in [-0.39, 0.29) is 24.3 Å². The molecule has 0 saturated heterocycles. The van der Waals surface area contributed by atoms with E-state index in [1.807, 2.05) is 0 Å². The van der Waals surface area contributed by atoms with E-state index >= 15 is 0 Å². The summed E-state index contributed by atoms with van der Waals surface area (Å²) >= 11 is 0. The lowest BCUT2D eigenvalue weighted by Gasteiger charge is -2.21. The van der Waals surface area contributed by atoms with Gasteiger partial charge in [0.25, 0.3) is 10.1 Å². The Morgan fingerprint density at radius 1 is 0.750 bits per heavy atom. The molecule has 0 heterocycles. The van der Waals surface area contributed by atoms with Crippen LogP contribution in [0.25, 0.3) is 0 Å². The Balaban J connectivity index is 1.61. The Labute approximate surface area is 190 Å². The van der Waals surface area contributed by atoms with E-state index in [4.69, 9.17) is 9.47 Å². The molecule has 0 spiro atoms. The van der Waals surface area contributed by atoms with Crippen molar-refractivity contribution in [1.82, 2.24) is 0 Å². The third-order valence-corrected chi connectivity index (χ3v) is 7.48. The number of carbonyl (C=O) groups excluding carboxylic acids is 2. The Morgan fingerprint density at radius 2 is 1.16 bits per heavy atom. The summed E-state index contributed by atoms with van der Waals surface area (Å²) in [4.78, 5) is 24.5. The molecule has 2 aliphatic rings. The van der Waals surface area contributed by atoms with Crippen LogP contribution in [0.2, 0.25) is 0 Å². The van der Waals surface area contributed by atoms with E-state index < -0.39 is 27.0 Å². The summed E-state index contributed by atoms with van der Waals surface area (Å²) in [5.41, 5.74) is -0.189. The van der Waals surface area contributed by atoms with Crippen molar-refractivity contribution in [2.45, 2.75) is 81.9 Å². The summed E-state index contributed by atoms with van der Waals surface area (Å²) in [6.07, 6.45) is 13.3. The molecule has 0 radical (unpaired) electrons.